The van der Waals surface area contributed by atoms with Gasteiger partial charge in [0, 0.05) is 29.6 Å². The molecule has 0 aromatic carbocycles. The molecule has 0 radical (unpaired) electrons. The van der Waals surface area contributed by atoms with Crippen molar-refractivity contribution in [2.24, 2.45) is 5.73 Å². The Morgan fingerprint density at radius 2 is 2.07 bits per heavy atom. The molecule has 1 aliphatic heterocycles. The van der Waals surface area contributed by atoms with Crippen LogP contribution in [0.3, 0.4) is 0 Å². The predicted molar refractivity (Wildman–Crippen MR) is 64.6 cm³/mol. The molecule has 15 heavy (non-hydrogen) atoms. The molecule has 1 heterocycles. The zero-order valence-electron chi connectivity index (χ0n) is 9.36. The van der Waals surface area contributed by atoms with Gasteiger partial charge in [0.15, 0.2) is 0 Å². The molecule has 1 fully saturated rings. The molecule has 2 atom stereocenters. The fourth-order valence-corrected chi connectivity index (χ4v) is 2.79. The van der Waals surface area contributed by atoms with Crippen LogP contribution in [0.25, 0.3) is 0 Å². The van der Waals surface area contributed by atoms with Crippen LogP contribution in [0.4, 0.5) is 0 Å². The maximum absolute atomic E-state index is 11.6. The van der Waals surface area contributed by atoms with Crippen LogP contribution >= 0.6 is 12.4 Å². The van der Waals surface area contributed by atoms with Gasteiger partial charge in [-0.05, 0) is 20.8 Å². The van der Waals surface area contributed by atoms with Gasteiger partial charge in [-0.15, -0.1) is 12.4 Å². The minimum absolute atomic E-state index is 0. The smallest absolute Gasteiger partial charge is 0.239 e. The first-order chi connectivity index (χ1) is 6.34. The van der Waals surface area contributed by atoms with Crippen LogP contribution in [0.15, 0.2) is 0 Å². The highest BCUT2D eigenvalue weighted by atomic mass is 35.5. The zero-order chi connectivity index (χ0) is 10.9. The molecule has 0 spiro atoms. The molecule has 1 rings (SSSR count). The summed E-state index contributed by atoms with van der Waals surface area (Å²) in [5.74, 6) is 0.514. The SMILES string of the molecule is C[C@H](N)C(=O)N1CCS(=O)C(C)(C)C1.Cl. The third kappa shape index (κ3) is 3.43. The second-order valence-electron chi connectivity index (χ2n) is 4.36. The molecule has 0 aromatic heterocycles. The average Bonchev–Trinajstić information content (AvgIpc) is 2.08. The van der Waals surface area contributed by atoms with E-state index in [0.717, 1.165) is 0 Å². The lowest BCUT2D eigenvalue weighted by atomic mass is 10.1. The van der Waals surface area contributed by atoms with E-state index in [0.29, 0.717) is 18.8 Å². The van der Waals surface area contributed by atoms with Gasteiger partial charge in [-0.1, -0.05) is 0 Å². The summed E-state index contributed by atoms with van der Waals surface area (Å²) in [7, 11) is -0.836. The Morgan fingerprint density at radius 3 is 2.47 bits per heavy atom. The van der Waals surface area contributed by atoms with E-state index in [1.54, 1.807) is 11.8 Å². The van der Waals surface area contributed by atoms with Gasteiger partial charge >= 0.3 is 0 Å². The lowest BCUT2D eigenvalue weighted by molar-refractivity contribution is -0.132. The Kier molecular flexibility index (Phi) is 5.23. The Labute approximate surface area is 99.4 Å². The number of halogens is 1. The van der Waals surface area contributed by atoms with Crippen molar-refractivity contribution in [3.05, 3.63) is 0 Å². The Hall–Kier alpha value is -0.130. The molecule has 0 saturated carbocycles. The molecule has 0 aliphatic carbocycles. The molecule has 0 aromatic rings. The van der Waals surface area contributed by atoms with Crippen molar-refractivity contribution >= 4 is 29.1 Å². The molecule has 6 heteroatoms. The van der Waals surface area contributed by atoms with E-state index in [2.05, 4.69) is 0 Å². The van der Waals surface area contributed by atoms with E-state index in [4.69, 9.17) is 5.73 Å². The molecule has 90 valence electrons. The Bertz CT molecular complexity index is 269. The number of rotatable bonds is 1. The number of hydrogen-bond donors (Lipinski definition) is 1. The second-order valence-corrected chi connectivity index (χ2v) is 6.56. The highest BCUT2D eigenvalue weighted by Gasteiger charge is 2.35. The first kappa shape index (κ1) is 14.9. The van der Waals surface area contributed by atoms with Crippen LogP contribution in [0.1, 0.15) is 20.8 Å². The van der Waals surface area contributed by atoms with E-state index in [1.165, 1.54) is 0 Å². The fraction of sp³-hybridized carbons (Fsp3) is 0.889. The van der Waals surface area contributed by atoms with E-state index in [-0.39, 0.29) is 23.1 Å². The standard InChI is InChI=1S/C9H18N2O2S.ClH/c1-7(10)8(12)11-4-5-14(13)9(2,3)6-11;/h7H,4-6,10H2,1-3H3;1H/t7-,14?;/m0./s1. The average molecular weight is 255 g/mol. The first-order valence-corrected chi connectivity index (χ1v) is 6.09. The van der Waals surface area contributed by atoms with Crippen LogP contribution in [-0.2, 0) is 15.6 Å². The van der Waals surface area contributed by atoms with Crippen molar-refractivity contribution in [2.45, 2.75) is 31.6 Å². The van der Waals surface area contributed by atoms with E-state index >= 15 is 0 Å². The third-order valence-electron chi connectivity index (χ3n) is 2.44. The molecule has 0 bridgehead atoms. The number of nitrogens with two attached hydrogens (primary N) is 1. The molecule has 1 saturated heterocycles. The van der Waals surface area contributed by atoms with Gasteiger partial charge in [0.05, 0.1) is 10.8 Å². The van der Waals surface area contributed by atoms with Crippen molar-refractivity contribution in [1.82, 2.24) is 4.90 Å². The van der Waals surface area contributed by atoms with Crippen LogP contribution in [0, 0.1) is 0 Å². The van der Waals surface area contributed by atoms with Crippen LogP contribution in [0.5, 0.6) is 0 Å². The molecule has 2 N–H and O–H groups in total. The quantitative estimate of drug-likeness (QED) is 0.723. The summed E-state index contributed by atoms with van der Waals surface area (Å²) < 4.78 is 11.3. The first-order valence-electron chi connectivity index (χ1n) is 4.77. The van der Waals surface area contributed by atoms with Gasteiger partial charge in [-0.3, -0.25) is 9.00 Å². The summed E-state index contributed by atoms with van der Waals surface area (Å²) in [6.07, 6.45) is 0. The summed E-state index contributed by atoms with van der Waals surface area (Å²) in [5, 5.41) is 0. The predicted octanol–water partition coefficient (Wildman–Crippen LogP) is 0.125. The van der Waals surface area contributed by atoms with Crippen LogP contribution in [0.2, 0.25) is 0 Å². The van der Waals surface area contributed by atoms with E-state index in [9.17, 15) is 9.00 Å². The lowest BCUT2D eigenvalue weighted by Crippen LogP contribution is -2.55. The number of amides is 1. The normalized spacial score (nSPS) is 26.7. The Morgan fingerprint density at radius 1 is 1.53 bits per heavy atom. The molecule has 1 aliphatic rings. The van der Waals surface area contributed by atoms with Gasteiger partial charge in [0.2, 0.25) is 5.91 Å². The zero-order valence-corrected chi connectivity index (χ0v) is 11.0. The van der Waals surface area contributed by atoms with Gasteiger partial charge in [0.25, 0.3) is 0 Å². The highest BCUT2D eigenvalue weighted by molar-refractivity contribution is 7.86. The van der Waals surface area contributed by atoms with Gasteiger partial charge in [0.1, 0.15) is 0 Å². The van der Waals surface area contributed by atoms with Gasteiger partial charge < -0.3 is 10.6 Å². The maximum atomic E-state index is 11.6. The van der Waals surface area contributed by atoms with Gasteiger partial charge in [-0.2, -0.15) is 0 Å². The maximum Gasteiger partial charge on any atom is 0.239 e. The molecular formula is C9H19ClN2O2S. The third-order valence-corrected chi connectivity index (χ3v) is 4.35. The van der Waals surface area contributed by atoms with Crippen LogP contribution in [-0.4, -0.2) is 44.6 Å². The van der Waals surface area contributed by atoms with E-state index < -0.39 is 16.8 Å². The number of nitrogens with zero attached hydrogens (tertiary/aromatic N) is 1. The van der Waals surface area contributed by atoms with E-state index in [1.807, 2.05) is 13.8 Å². The summed E-state index contributed by atoms with van der Waals surface area (Å²) in [6.45, 7) is 6.63. The lowest BCUT2D eigenvalue weighted by Gasteiger charge is -2.37. The number of hydrogen-bond acceptors (Lipinski definition) is 3. The minimum Gasteiger partial charge on any atom is -0.339 e. The summed E-state index contributed by atoms with van der Waals surface area (Å²) in [4.78, 5) is 13.3. The number of carbonyl (C=O) groups excluding carboxylic acids is 1. The highest BCUT2D eigenvalue weighted by Crippen LogP contribution is 2.20. The molecule has 1 amide bonds. The molecule has 1 unspecified atom stereocenters. The number of carbonyl (C=O) groups is 1. The van der Waals surface area contributed by atoms with Crippen molar-refractivity contribution in [1.29, 1.82) is 0 Å². The Balaban J connectivity index is 0.00000196. The van der Waals surface area contributed by atoms with Crippen molar-refractivity contribution in [3.8, 4) is 0 Å². The largest absolute Gasteiger partial charge is 0.339 e. The second kappa shape index (κ2) is 5.27. The minimum atomic E-state index is -0.836. The van der Waals surface area contributed by atoms with Crippen molar-refractivity contribution < 1.29 is 9.00 Å². The fourth-order valence-electron chi connectivity index (χ4n) is 1.56. The molecule has 4 nitrogen and oxygen atoms in total. The topological polar surface area (TPSA) is 63.4 Å². The summed E-state index contributed by atoms with van der Waals surface area (Å²) >= 11 is 0. The summed E-state index contributed by atoms with van der Waals surface area (Å²) in [5.41, 5.74) is 5.52. The molecular weight excluding hydrogens is 236 g/mol. The van der Waals surface area contributed by atoms with Crippen LogP contribution < -0.4 is 5.73 Å². The van der Waals surface area contributed by atoms with Crippen molar-refractivity contribution in [3.63, 3.8) is 0 Å². The van der Waals surface area contributed by atoms with Crippen molar-refractivity contribution in [2.75, 3.05) is 18.8 Å². The summed E-state index contributed by atoms with van der Waals surface area (Å²) in [6, 6.07) is -0.461. The van der Waals surface area contributed by atoms with Gasteiger partial charge in [-0.25, -0.2) is 0 Å². The monoisotopic (exact) mass is 254 g/mol.